The summed E-state index contributed by atoms with van der Waals surface area (Å²) >= 11 is 28.8. The highest BCUT2D eigenvalue weighted by molar-refractivity contribution is 7.66. The summed E-state index contributed by atoms with van der Waals surface area (Å²) in [6.07, 6.45) is -17.8. The Balaban J connectivity index is 0.000000247. The van der Waals surface area contributed by atoms with Gasteiger partial charge in [0.15, 0.2) is 43.3 Å². The second kappa shape index (κ2) is 43.6. The third kappa shape index (κ3) is 27.1. The van der Waals surface area contributed by atoms with Gasteiger partial charge in [0.05, 0.1) is 38.3 Å². The number of alkyl halides is 10. The van der Waals surface area contributed by atoms with Crippen molar-refractivity contribution in [1.29, 1.82) is 0 Å². The molecule has 0 saturated carbocycles. The number of phosphoric ester groups is 1. The average molecular weight is 1990 g/mol. The number of nitrogens with one attached hydrogen (secondary N) is 3. The predicted octanol–water partition coefficient (Wildman–Crippen LogP) is 2.12. The van der Waals surface area contributed by atoms with Gasteiger partial charge in [-0.2, -0.15) is 33.5 Å². The van der Waals surface area contributed by atoms with Crippen LogP contribution in [-0.4, -0.2) is 241 Å². The summed E-state index contributed by atoms with van der Waals surface area (Å²) in [5, 5.41) is 49.8. The maximum atomic E-state index is 15.4. The SMILES string of the molecule is CC(C)C(=O)Nc1ccn([C@@H]2O[C@H](CO)[C@@H](O)[C@]2(F)Cl)c(=O)n1.CC(C)C(=O)Nc1ccn([C@@H]2O[C@H](CO)[C@@H](OC(=O)C(C)C)[C@]2(F)Cl)c(=O)n1.CC[C@H]1O[C@@H](n2ccc(NC(=O)C(C)C)nc2=O)[C@@](F)(Cl)[C@@H]1OC(=O)C(C)C.Nc1ccn([C@@H]2O[C@H](CO)[C@@H](O)[C@]2(F)Cl)c(=O)n1.Nc1ccn([C@@H]2O[C@H](COP(=O)(O)OP(=O)(O)OP(=O)(O)O)[C@@H](O)[C@]2(F)Cl)c(=O)n1. The van der Waals surface area contributed by atoms with Crippen molar-refractivity contribution >= 4 is 140 Å². The lowest BCUT2D eigenvalue weighted by atomic mass is 10.1. The molecule has 2 unspecified atom stereocenters. The van der Waals surface area contributed by atoms with Crippen LogP contribution >= 0.6 is 81.5 Å². The summed E-state index contributed by atoms with van der Waals surface area (Å²) in [6.45, 7) is 14.9. The molecule has 0 aliphatic carbocycles. The summed E-state index contributed by atoms with van der Waals surface area (Å²) < 4.78 is 159. The second-order valence-corrected chi connectivity index (χ2v) is 36.5. The number of aliphatic hydroxyl groups excluding tert-OH is 6. The third-order valence-electron chi connectivity index (χ3n) is 17.8. The Morgan fingerprint density at radius 1 is 0.433 bits per heavy atom. The first-order chi connectivity index (χ1) is 58.5. The fraction of sp³-hybridized carbons (Fsp3) is 0.621. The molecule has 127 heavy (non-hydrogen) atoms. The molecule has 712 valence electrons. The molecule has 5 aromatic heterocycles. The standard InChI is InChI=1S/C18H25ClFN3O5.C17H23ClFN3O6.C13H17ClFN3O5.C9H14ClFN3O13P3.C9H11ClFN3O4/c1-6-11-13(28-15(25)10(4)5)18(19,20)16(27-11)23-8-7-12(22-17(23)26)21-14(24)9(2)3;1-8(2)13(24)20-11-5-6-22(16(26)21-11)15-17(18,19)12(10(7-23)27-15)28-14(25)9(3)4;1-6(2)10(21)16-8-3-4-18(12(22)17-8)11-13(14,15)9(20)7(5-19)23-11;10-9(11)6(15)4(25-7(9)14-2-1-5(12)13-8(14)16)3-24-29(20,21)27-30(22,23)26-28(17,18)19;10-9(11)6(16)4(3-15)18-7(9)14-2-1-5(12)13-8(14)17/h7-11,13,16H,6H2,1-5H3,(H,21,22,24,26);5-6,8-10,12,15,23H,7H2,1-4H3,(H,20,21,24,26);3-4,6-7,9,11,19-20H,5H2,1-2H3,(H,16,17,21,22);1-2,4,6-7,15H,3H2,(H,20,21)(H,22,23)(H2,12,13,16)(H2,17,18,19);1-2,4,6-7,15-16H,3H2,(H2,12,13,17)/t11-,13-,16-,18-;10-,12-,15-,17-;7-,9-,11-,13-;2*4-,6-,7-,9-/m11111/s1. The molecular weight excluding hydrogens is 1900 g/mol. The van der Waals surface area contributed by atoms with Gasteiger partial charge in [0, 0.05) is 48.7 Å². The molecule has 48 nitrogen and oxygen atoms in total. The Morgan fingerprint density at radius 2 is 0.701 bits per heavy atom. The quantitative estimate of drug-likeness (QED) is 0.0163. The monoisotopic (exact) mass is 1980 g/mol. The van der Waals surface area contributed by atoms with Gasteiger partial charge in [0.25, 0.3) is 25.6 Å². The maximum absolute atomic E-state index is 15.4. The highest BCUT2D eigenvalue weighted by atomic mass is 35.5. The zero-order chi connectivity index (χ0) is 96.4. The van der Waals surface area contributed by atoms with Crippen molar-refractivity contribution in [3.63, 3.8) is 0 Å². The molecule has 22 atom stereocenters. The molecule has 0 bridgehead atoms. The van der Waals surface area contributed by atoms with E-state index >= 15 is 8.78 Å². The van der Waals surface area contributed by atoms with E-state index in [-0.39, 0.29) is 64.6 Å². The summed E-state index contributed by atoms with van der Waals surface area (Å²) in [5.41, 5.74) is 5.88. The number of carbonyl (C=O) groups excluding carboxylic acids is 5. The highest BCUT2D eigenvalue weighted by Crippen LogP contribution is 2.66. The Bertz CT molecular complexity index is 5070. The van der Waals surface area contributed by atoms with Crippen LogP contribution in [0.5, 0.6) is 0 Å². The van der Waals surface area contributed by atoms with Gasteiger partial charge in [-0.25, -0.2) is 59.6 Å². The van der Waals surface area contributed by atoms with Crippen molar-refractivity contribution in [2.24, 2.45) is 29.6 Å². The van der Waals surface area contributed by atoms with Gasteiger partial charge in [-0.3, -0.25) is 51.3 Å². The average Bonchev–Trinajstić information content (AvgIpc) is 1.63. The van der Waals surface area contributed by atoms with Crippen molar-refractivity contribution in [3.05, 3.63) is 114 Å². The topological polar surface area (TPSA) is 694 Å². The molecule has 10 heterocycles. The Kier molecular flexibility index (Phi) is 37.2. The lowest BCUT2D eigenvalue weighted by Gasteiger charge is -2.26. The van der Waals surface area contributed by atoms with Crippen LogP contribution in [0.4, 0.5) is 51.0 Å². The molecule has 61 heteroatoms. The first-order valence-electron chi connectivity index (χ1n) is 37.1. The summed E-state index contributed by atoms with van der Waals surface area (Å²) in [6, 6.07) is 6.24. The van der Waals surface area contributed by atoms with E-state index in [0.29, 0.717) is 11.0 Å². The van der Waals surface area contributed by atoms with Crippen LogP contribution in [0.1, 0.15) is 114 Å². The van der Waals surface area contributed by atoms with Crippen molar-refractivity contribution in [3.8, 4) is 0 Å². The third-order valence-corrected chi connectivity index (χ3v) is 23.6. The Labute approximate surface area is 738 Å². The number of hydrogen-bond donors (Lipinski definition) is 15. The number of hydrogen-bond acceptors (Lipinski definition) is 36. The molecular formula is C66H90Cl5F5N15O33P3. The van der Waals surface area contributed by atoms with E-state index in [1.165, 1.54) is 30.5 Å². The minimum atomic E-state index is -5.78. The molecule has 10 rings (SSSR count). The molecule has 3 amide bonds. The van der Waals surface area contributed by atoms with Gasteiger partial charge >= 0.3 is 63.9 Å². The van der Waals surface area contributed by atoms with E-state index in [2.05, 4.69) is 54.0 Å². The minimum absolute atomic E-state index is 0.00114. The van der Waals surface area contributed by atoms with Crippen LogP contribution < -0.4 is 55.9 Å². The minimum Gasteiger partial charge on any atom is -0.454 e. The summed E-state index contributed by atoms with van der Waals surface area (Å²) in [5.74, 6) is -4.53. The van der Waals surface area contributed by atoms with Crippen LogP contribution in [0.2, 0.25) is 0 Å². The largest absolute Gasteiger partial charge is 0.490 e. The van der Waals surface area contributed by atoms with Crippen molar-refractivity contribution in [2.75, 3.05) is 53.8 Å². The van der Waals surface area contributed by atoms with Crippen LogP contribution in [0.3, 0.4) is 0 Å². The number of halogens is 10. The zero-order valence-corrected chi connectivity index (χ0v) is 74.4. The number of aromatic nitrogens is 10. The Hall–Kier alpha value is -7.58. The number of ether oxygens (including phenoxy) is 7. The van der Waals surface area contributed by atoms with Crippen LogP contribution in [-0.2, 0) is 84.0 Å². The smallest absolute Gasteiger partial charge is 0.454 e. The molecule has 0 spiro atoms. The van der Waals surface area contributed by atoms with E-state index in [1.807, 2.05) is 0 Å². The van der Waals surface area contributed by atoms with E-state index in [4.69, 9.17) is 128 Å². The molecule has 17 N–H and O–H groups in total. The number of anilines is 5. The van der Waals surface area contributed by atoms with Gasteiger partial charge in [0.2, 0.25) is 17.7 Å². The van der Waals surface area contributed by atoms with Gasteiger partial charge in [-0.05, 0) is 36.8 Å². The van der Waals surface area contributed by atoms with Gasteiger partial charge in [0.1, 0.15) is 77.9 Å². The second-order valence-electron chi connectivity index (χ2n) is 29.2. The summed E-state index contributed by atoms with van der Waals surface area (Å²) in [7, 11) is -16.9. The molecule has 0 aromatic carbocycles. The lowest BCUT2D eigenvalue weighted by molar-refractivity contribution is -0.160. The van der Waals surface area contributed by atoms with Gasteiger partial charge in [-0.15, -0.1) is 0 Å². The number of phosphoric acid groups is 3. The zero-order valence-electron chi connectivity index (χ0n) is 68.0. The number of aliphatic hydroxyl groups is 6. The van der Waals surface area contributed by atoms with Crippen LogP contribution in [0, 0.1) is 29.6 Å². The van der Waals surface area contributed by atoms with Crippen LogP contribution in [0.25, 0.3) is 0 Å². The maximum Gasteiger partial charge on any atom is 0.490 e. The number of nitrogens with two attached hydrogens (primary N) is 2. The molecule has 0 radical (unpaired) electrons. The van der Waals surface area contributed by atoms with E-state index in [0.717, 1.165) is 49.1 Å². The highest BCUT2D eigenvalue weighted by Gasteiger charge is 2.64. The van der Waals surface area contributed by atoms with E-state index < -0.39 is 220 Å². The number of amides is 3. The lowest BCUT2D eigenvalue weighted by Crippen LogP contribution is -2.44. The molecule has 5 aliphatic heterocycles. The number of esters is 2. The van der Waals surface area contributed by atoms with E-state index in [1.54, 1.807) is 76.2 Å². The first-order valence-corrected chi connectivity index (χ1v) is 43.5. The molecule has 5 fully saturated rings. The van der Waals surface area contributed by atoms with Crippen LogP contribution in [0.15, 0.2) is 85.3 Å². The fourth-order valence-electron chi connectivity index (χ4n) is 11.0. The number of carbonyl (C=O) groups is 5. The normalized spacial score (nSPS) is 30.0. The number of nitrogens with zero attached hydrogens (tertiary/aromatic N) is 10. The summed E-state index contributed by atoms with van der Waals surface area (Å²) in [4.78, 5) is 172. The van der Waals surface area contributed by atoms with E-state index in [9.17, 15) is 100 Å². The molecule has 5 aliphatic rings. The van der Waals surface area contributed by atoms with Gasteiger partial charge in [-0.1, -0.05) is 134 Å². The number of rotatable bonds is 26. The fourth-order valence-corrected chi connectivity index (χ4v) is 15.6. The Morgan fingerprint density at radius 3 is 0.969 bits per heavy atom. The number of nitrogen functional groups attached to an aromatic ring is 2. The van der Waals surface area contributed by atoms with Crippen molar-refractivity contribution in [2.45, 2.75) is 200 Å². The van der Waals surface area contributed by atoms with Gasteiger partial charge < -0.3 is 111 Å². The molecule has 5 saturated heterocycles. The van der Waals surface area contributed by atoms with Crippen molar-refractivity contribution in [1.82, 2.24) is 47.8 Å². The van der Waals surface area contributed by atoms with Crippen molar-refractivity contribution < 1.29 is 156 Å². The molecule has 5 aromatic rings. The first kappa shape index (κ1) is 108. The predicted molar refractivity (Wildman–Crippen MR) is 429 cm³/mol.